The van der Waals surface area contributed by atoms with Crippen LogP contribution < -0.4 is 45.2 Å². The van der Waals surface area contributed by atoms with Crippen LogP contribution in [-0.2, 0) is 46.2 Å². The minimum absolute atomic E-state index is 0. The maximum absolute atomic E-state index is 13.0. The molecule has 19 nitrogen and oxygen atoms in total. The number of carboxylic acids is 1. The van der Waals surface area contributed by atoms with Crippen LogP contribution in [-0.4, -0.2) is 124 Å². The first kappa shape index (κ1) is 88.3. The molecule has 2 aliphatic rings. The molecule has 2 aliphatic carbocycles. The second-order valence-electron chi connectivity index (χ2n) is 22.2. The van der Waals surface area contributed by atoms with Crippen LogP contribution in [0.1, 0.15) is 153 Å². The van der Waals surface area contributed by atoms with E-state index in [-0.39, 0.29) is 57.1 Å². The van der Waals surface area contributed by atoms with Gasteiger partial charge in [-0.15, -0.1) is 37.1 Å². The molecule has 25 heteroatoms. The molecule has 4 unspecified atom stereocenters. The summed E-state index contributed by atoms with van der Waals surface area (Å²) in [6.07, 6.45) is 7.41. The van der Waals surface area contributed by atoms with E-state index in [1.807, 2.05) is 60.7 Å². The molecular weight excluding hydrogens is 1760 g/mol. The van der Waals surface area contributed by atoms with Crippen molar-refractivity contribution < 1.29 is 76.3 Å². The standard InChI is InChI=1S/C26H39N3O5.C18H26N2O3.C13H23NO5.2CH4.I3.I2.HI/c1-5-6-15-27-23(31)21(17-18-11-8-7-9-12-18)28-24(32)22(30)20(16-19-13-10-14-19)29-25(33)34-26(2,3)4;1-5-6-12-19-16(21)15(13-14-10-8-7-9-11-14)20-17(22)23-18(2,3)4;1-13(2,3)19-12(18)14-9(10(15)11(16)17)7-8-5-4-6-8;;;1-3-2;1-2;/h5,7-9,11-12,19-22,30H,1,6,10,13-17H2,2-4H3,(H,27,31)(H,28,32)(H,29,33);5,7-11,15H,1,6,12-13H2,2-4H3,(H,19,21)(H,20,22);8-10,15H,4-7H2,1-3H3,(H,14,18)(H,16,17);2*1H4;;;1H/q;;;;;-1;;/t20?,21-,22?;15-;;;;;;/m00....../s1. The zero-order chi connectivity index (χ0) is 61.8. The Morgan fingerprint density at radius 3 is 1.17 bits per heavy atom. The van der Waals surface area contributed by atoms with E-state index in [0.29, 0.717) is 70.3 Å². The number of aliphatic hydroxyl groups is 2. The fourth-order valence-corrected chi connectivity index (χ4v) is 7.65. The molecule has 0 bridgehead atoms. The van der Waals surface area contributed by atoms with Gasteiger partial charge in [-0.2, -0.15) is 0 Å². The van der Waals surface area contributed by atoms with Crippen molar-refractivity contribution in [3.8, 4) is 0 Å². The fraction of sp³-hybridized carbons (Fsp3) is 0.610. The first-order valence-electron chi connectivity index (χ1n) is 26.7. The Kier molecular flexibility index (Phi) is 51.3. The molecule has 9 N–H and O–H groups in total. The summed E-state index contributed by atoms with van der Waals surface area (Å²) in [6, 6.07) is 15.7. The number of carbonyl (C=O) groups excluding carboxylic acids is 6. The SMILES string of the molecule is C.C.C=CCCNC(=O)[C@H](Cc1ccccc1)NC(=O)C(O)C(CC1CCC1)NC(=O)OC(C)(C)C.C=CCCNC(=O)[C@H](Cc1ccccc1)NC(=O)OC(C)(C)C.CC(C)(C)OC(=O)NC(CC1CCC1)C(O)C(=O)O.I.II.I[I-]I. The first-order valence-corrected chi connectivity index (χ1v) is 45.6. The van der Waals surface area contributed by atoms with Crippen LogP contribution >= 0.6 is 98.4 Å². The van der Waals surface area contributed by atoms with Gasteiger partial charge in [0.05, 0.1) is 12.1 Å². The number of hydrogen-bond acceptors (Lipinski definition) is 12. The van der Waals surface area contributed by atoms with Crippen molar-refractivity contribution in [1.82, 2.24) is 31.9 Å². The van der Waals surface area contributed by atoms with Gasteiger partial charge in [0.1, 0.15) is 28.9 Å². The number of hydrogen-bond donors (Lipinski definition) is 9. The Labute approximate surface area is 571 Å². The number of rotatable bonds is 24. The van der Waals surface area contributed by atoms with E-state index in [4.69, 9.17) is 19.3 Å². The molecule has 0 saturated heterocycles. The molecule has 2 aromatic carbocycles. The van der Waals surface area contributed by atoms with E-state index < -0.39 is 83.3 Å². The maximum atomic E-state index is 13.0. The molecule has 84 heavy (non-hydrogen) atoms. The molecule has 2 fully saturated rings. The summed E-state index contributed by atoms with van der Waals surface area (Å²) in [4.78, 5) is 84.9. The van der Waals surface area contributed by atoms with E-state index in [2.05, 4.69) is 120 Å². The molecule has 0 radical (unpaired) electrons. The quantitative estimate of drug-likeness (QED) is 0.0205. The predicted molar refractivity (Wildman–Crippen MR) is 376 cm³/mol. The number of carbonyl (C=O) groups is 7. The number of amides is 6. The van der Waals surface area contributed by atoms with Crippen molar-refractivity contribution in [3.05, 3.63) is 97.1 Å². The van der Waals surface area contributed by atoms with Crippen molar-refractivity contribution in [3.63, 3.8) is 0 Å². The monoisotopic (exact) mass is 1860 g/mol. The van der Waals surface area contributed by atoms with Gasteiger partial charge in [-0.25, -0.2) is 19.2 Å². The third kappa shape index (κ3) is 43.5. The number of aliphatic hydroxyl groups excluding tert-OH is 2. The zero-order valence-electron chi connectivity index (χ0n) is 48.6. The second-order valence-corrected chi connectivity index (χ2v) is 38.5. The van der Waals surface area contributed by atoms with Gasteiger partial charge in [-0.1, -0.05) is 126 Å². The van der Waals surface area contributed by atoms with Crippen molar-refractivity contribution in [2.24, 2.45) is 11.8 Å². The van der Waals surface area contributed by atoms with Gasteiger partial charge in [-0.05, 0) is 111 Å². The van der Waals surface area contributed by atoms with Gasteiger partial charge in [0.2, 0.25) is 11.8 Å². The van der Waals surface area contributed by atoms with Crippen molar-refractivity contribution in [2.75, 3.05) is 13.1 Å². The van der Waals surface area contributed by atoms with Crippen LogP contribution in [0.4, 0.5) is 14.4 Å². The van der Waals surface area contributed by atoms with Gasteiger partial charge < -0.3 is 61.4 Å². The summed E-state index contributed by atoms with van der Waals surface area (Å²) in [5.74, 6) is -1.93. The molecule has 6 amide bonds. The van der Waals surface area contributed by atoms with Crippen molar-refractivity contribution >= 4 is 140 Å². The molecule has 0 aromatic heterocycles. The van der Waals surface area contributed by atoms with Gasteiger partial charge in [0, 0.05) is 63.2 Å². The Balaban J connectivity index is -0.000000562. The number of nitrogens with one attached hydrogen (secondary N) is 6. The van der Waals surface area contributed by atoms with Gasteiger partial charge in [-0.3, -0.25) is 14.4 Å². The number of alkyl carbamates (subject to hydrolysis) is 3. The van der Waals surface area contributed by atoms with Gasteiger partial charge >= 0.3 is 74.7 Å². The normalized spacial score (nSPS) is 14.6. The molecule has 484 valence electrons. The summed E-state index contributed by atoms with van der Waals surface area (Å²) in [5.41, 5.74) is -0.130. The van der Waals surface area contributed by atoms with Crippen LogP contribution in [0.25, 0.3) is 0 Å². The summed E-state index contributed by atoms with van der Waals surface area (Å²) in [6.45, 7) is 23.9. The molecule has 4 rings (SSSR count). The molecule has 6 atom stereocenters. The van der Waals surface area contributed by atoms with Crippen LogP contribution in [0.15, 0.2) is 86.0 Å². The summed E-state index contributed by atoms with van der Waals surface area (Å²) in [5, 5.41) is 45.4. The molecule has 2 saturated carbocycles. The van der Waals surface area contributed by atoms with Gasteiger partial charge in [0.15, 0.2) is 12.2 Å². The summed E-state index contributed by atoms with van der Waals surface area (Å²) < 4.78 is 15.6. The number of aliphatic carboxylic acids is 1. The second kappa shape index (κ2) is 48.8. The Hall–Kier alpha value is -2.09. The van der Waals surface area contributed by atoms with Crippen molar-refractivity contribution in [2.45, 2.75) is 207 Å². The average molecular weight is 1860 g/mol. The first-order chi connectivity index (χ1) is 38.0. The van der Waals surface area contributed by atoms with E-state index in [9.17, 15) is 43.8 Å². The number of carboxylic acid groups (broad SMARTS) is 1. The number of halogens is 6. The van der Waals surface area contributed by atoms with Crippen molar-refractivity contribution in [1.29, 1.82) is 0 Å². The molecule has 0 aliphatic heterocycles. The van der Waals surface area contributed by atoms with E-state index in [0.717, 1.165) is 49.7 Å². The van der Waals surface area contributed by atoms with Gasteiger partial charge in [0.25, 0.3) is 5.91 Å². The number of benzene rings is 2. The van der Waals surface area contributed by atoms with Crippen LogP contribution in [0.2, 0.25) is 0 Å². The van der Waals surface area contributed by atoms with E-state index in [1.54, 1.807) is 74.5 Å². The Bertz CT molecular complexity index is 2180. The molecule has 2 aromatic rings. The molecule has 0 spiro atoms. The molecular formula is C59H97I6N6O13-. The Morgan fingerprint density at radius 1 is 0.571 bits per heavy atom. The van der Waals surface area contributed by atoms with Crippen LogP contribution in [0, 0.1) is 11.8 Å². The Morgan fingerprint density at radius 2 is 0.881 bits per heavy atom. The molecule has 0 heterocycles. The third-order valence-corrected chi connectivity index (χ3v) is 11.8. The van der Waals surface area contributed by atoms with Crippen LogP contribution in [0.5, 0.6) is 0 Å². The summed E-state index contributed by atoms with van der Waals surface area (Å²) in [7, 11) is 0. The number of ether oxygens (including phenoxy) is 3. The van der Waals surface area contributed by atoms with Crippen LogP contribution in [0.3, 0.4) is 0 Å². The average Bonchev–Trinajstić information content (AvgIpc) is 3.34. The third-order valence-electron chi connectivity index (χ3n) is 11.8. The zero-order valence-corrected chi connectivity index (χ0v) is 61.7. The predicted octanol–water partition coefficient (Wildman–Crippen LogP) is 9.62. The van der Waals surface area contributed by atoms with E-state index in [1.165, 1.54) is 0 Å². The topological polar surface area (TPSA) is 280 Å². The van der Waals surface area contributed by atoms with E-state index >= 15 is 0 Å². The fourth-order valence-electron chi connectivity index (χ4n) is 7.65. The minimum atomic E-state index is -1.60. The summed E-state index contributed by atoms with van der Waals surface area (Å²) >= 11 is 9.54.